The van der Waals surface area contributed by atoms with E-state index in [0.29, 0.717) is 5.92 Å². The van der Waals surface area contributed by atoms with E-state index >= 15 is 0 Å². The second-order valence-corrected chi connectivity index (χ2v) is 9.07. The zero-order chi connectivity index (χ0) is 21.6. The minimum absolute atomic E-state index is 0.257. The Balaban J connectivity index is 1.44. The summed E-state index contributed by atoms with van der Waals surface area (Å²) in [6.07, 6.45) is 12.5. The molecule has 2 saturated carbocycles. The Morgan fingerprint density at radius 3 is 2.17 bits per heavy atom. The van der Waals surface area contributed by atoms with E-state index in [1.165, 1.54) is 70.3 Å². The lowest BCUT2D eigenvalue weighted by atomic mass is 9.69. The molecule has 30 heavy (non-hydrogen) atoms. The van der Waals surface area contributed by atoms with Crippen molar-refractivity contribution >= 4 is 0 Å². The molecule has 0 nitrogen and oxygen atoms in total. The molecule has 4 heteroatoms. The number of alkyl halides is 3. The third-order valence-electron chi connectivity index (χ3n) is 7.01. The quantitative estimate of drug-likeness (QED) is 0.340. The summed E-state index contributed by atoms with van der Waals surface area (Å²) in [4.78, 5) is 0. The SMILES string of the molecule is CCC[C@H]1CC[C@H]([C@H]2CC[C@H](C=CC#Cc3ccc(C(F)(F)F)c(F)c3)CC2)CC1. The van der Waals surface area contributed by atoms with Crippen LogP contribution in [0.2, 0.25) is 0 Å². The Hall–Kier alpha value is -1.76. The van der Waals surface area contributed by atoms with Gasteiger partial charge in [0.25, 0.3) is 0 Å². The third-order valence-corrected chi connectivity index (χ3v) is 7.01. The maximum absolute atomic E-state index is 13.6. The van der Waals surface area contributed by atoms with Crippen molar-refractivity contribution in [1.82, 2.24) is 0 Å². The first kappa shape index (κ1) is 22.9. The van der Waals surface area contributed by atoms with Crippen LogP contribution in [0.15, 0.2) is 30.4 Å². The molecule has 1 aromatic rings. The van der Waals surface area contributed by atoms with Crippen LogP contribution >= 0.6 is 0 Å². The summed E-state index contributed by atoms with van der Waals surface area (Å²) in [5, 5.41) is 0. The number of rotatable bonds is 4. The Bertz CT molecular complexity index is 764. The molecule has 0 radical (unpaired) electrons. The molecule has 0 bridgehead atoms. The Labute approximate surface area is 178 Å². The summed E-state index contributed by atoms with van der Waals surface area (Å²) in [6, 6.07) is 2.82. The van der Waals surface area contributed by atoms with Gasteiger partial charge in [0, 0.05) is 5.56 Å². The molecule has 0 heterocycles. The second-order valence-electron chi connectivity index (χ2n) is 9.07. The van der Waals surface area contributed by atoms with Crippen molar-refractivity contribution in [3.8, 4) is 11.8 Å². The summed E-state index contributed by atoms with van der Waals surface area (Å²) in [5.41, 5.74) is -0.994. The van der Waals surface area contributed by atoms with E-state index in [9.17, 15) is 17.6 Å². The van der Waals surface area contributed by atoms with Gasteiger partial charge in [-0.05, 0) is 86.5 Å². The molecule has 0 aromatic heterocycles. The first-order chi connectivity index (χ1) is 14.4. The number of hydrogen-bond donors (Lipinski definition) is 0. The van der Waals surface area contributed by atoms with Gasteiger partial charge in [-0.3, -0.25) is 0 Å². The topological polar surface area (TPSA) is 0 Å². The van der Waals surface area contributed by atoms with Crippen molar-refractivity contribution in [2.75, 3.05) is 0 Å². The fourth-order valence-electron chi connectivity index (χ4n) is 5.30. The Kier molecular flexibility index (Phi) is 8.03. The van der Waals surface area contributed by atoms with Gasteiger partial charge in [-0.25, -0.2) is 4.39 Å². The zero-order valence-corrected chi connectivity index (χ0v) is 17.8. The van der Waals surface area contributed by atoms with Gasteiger partial charge in [0.15, 0.2) is 0 Å². The van der Waals surface area contributed by atoms with Crippen LogP contribution in [0.1, 0.15) is 82.3 Å². The van der Waals surface area contributed by atoms with Crippen LogP contribution in [-0.4, -0.2) is 0 Å². The van der Waals surface area contributed by atoms with E-state index < -0.39 is 17.6 Å². The zero-order valence-electron chi connectivity index (χ0n) is 17.8. The van der Waals surface area contributed by atoms with E-state index in [4.69, 9.17) is 0 Å². The molecular formula is C26H32F4. The second kappa shape index (κ2) is 10.5. The molecular weight excluding hydrogens is 388 g/mol. The molecule has 0 N–H and O–H groups in total. The molecule has 3 rings (SSSR count). The first-order valence-electron chi connectivity index (χ1n) is 11.4. The standard InChI is InChI=1S/C26H32F4/c1-2-5-19-8-13-22(14-9-19)23-15-10-20(11-16-23)6-3-4-7-21-12-17-24(25(27)18-21)26(28,29)30/h3,6,12,17-20,22-23H,2,5,8-11,13-16H2,1H3/t19-,20-,22-,23-. The van der Waals surface area contributed by atoms with Crippen molar-refractivity contribution in [3.63, 3.8) is 0 Å². The van der Waals surface area contributed by atoms with Crippen LogP contribution < -0.4 is 0 Å². The van der Waals surface area contributed by atoms with Gasteiger partial charge in [0.1, 0.15) is 5.82 Å². The summed E-state index contributed by atoms with van der Waals surface area (Å²) >= 11 is 0. The maximum atomic E-state index is 13.6. The van der Waals surface area contributed by atoms with E-state index in [0.717, 1.165) is 29.9 Å². The molecule has 2 aliphatic carbocycles. The molecule has 0 saturated heterocycles. The Morgan fingerprint density at radius 1 is 0.967 bits per heavy atom. The number of allylic oxidation sites excluding steroid dienone is 2. The largest absolute Gasteiger partial charge is 0.419 e. The predicted molar refractivity (Wildman–Crippen MR) is 113 cm³/mol. The van der Waals surface area contributed by atoms with Gasteiger partial charge in [-0.15, -0.1) is 0 Å². The van der Waals surface area contributed by atoms with E-state index in [2.05, 4.69) is 24.8 Å². The molecule has 0 unspecified atom stereocenters. The minimum Gasteiger partial charge on any atom is -0.206 e. The predicted octanol–water partition coefficient (Wildman–Crippen LogP) is 8.17. The fraction of sp³-hybridized carbons (Fsp3) is 0.615. The lowest BCUT2D eigenvalue weighted by molar-refractivity contribution is -0.140. The third kappa shape index (κ3) is 6.37. The van der Waals surface area contributed by atoms with Crippen LogP contribution in [0, 0.1) is 41.3 Å². The molecule has 0 atom stereocenters. The average molecular weight is 421 g/mol. The van der Waals surface area contributed by atoms with Crippen molar-refractivity contribution < 1.29 is 17.6 Å². The average Bonchev–Trinajstić information content (AvgIpc) is 2.72. The summed E-state index contributed by atoms with van der Waals surface area (Å²) in [7, 11) is 0. The Morgan fingerprint density at radius 2 is 1.60 bits per heavy atom. The molecule has 0 amide bonds. The molecule has 0 spiro atoms. The van der Waals surface area contributed by atoms with Crippen molar-refractivity contribution in [3.05, 3.63) is 47.3 Å². The molecule has 2 fully saturated rings. The van der Waals surface area contributed by atoms with Crippen LogP contribution in [0.4, 0.5) is 17.6 Å². The van der Waals surface area contributed by atoms with E-state index in [1.54, 1.807) is 6.08 Å². The molecule has 164 valence electrons. The van der Waals surface area contributed by atoms with Gasteiger partial charge in [0.2, 0.25) is 0 Å². The van der Waals surface area contributed by atoms with Crippen LogP contribution in [0.5, 0.6) is 0 Å². The van der Waals surface area contributed by atoms with Gasteiger partial charge in [-0.2, -0.15) is 13.2 Å². The normalized spacial score (nSPS) is 27.6. The maximum Gasteiger partial charge on any atom is 0.419 e. The number of hydrogen-bond acceptors (Lipinski definition) is 0. The van der Waals surface area contributed by atoms with Gasteiger partial charge in [-0.1, -0.05) is 50.5 Å². The monoisotopic (exact) mass is 420 g/mol. The summed E-state index contributed by atoms with van der Waals surface area (Å²) in [6.45, 7) is 2.28. The highest BCUT2D eigenvalue weighted by atomic mass is 19.4. The summed E-state index contributed by atoms with van der Waals surface area (Å²) < 4.78 is 51.4. The van der Waals surface area contributed by atoms with Crippen LogP contribution in [0.3, 0.4) is 0 Å². The number of halogens is 4. The number of benzene rings is 1. The van der Waals surface area contributed by atoms with E-state index in [1.807, 2.05) is 0 Å². The smallest absolute Gasteiger partial charge is 0.206 e. The van der Waals surface area contributed by atoms with Gasteiger partial charge in [0.05, 0.1) is 5.56 Å². The lowest BCUT2D eigenvalue weighted by Crippen LogP contribution is -2.25. The lowest BCUT2D eigenvalue weighted by Gasteiger charge is -2.37. The van der Waals surface area contributed by atoms with Crippen molar-refractivity contribution in [2.24, 2.45) is 23.7 Å². The highest BCUT2D eigenvalue weighted by Crippen LogP contribution is 2.42. The molecule has 2 aliphatic rings. The van der Waals surface area contributed by atoms with Crippen LogP contribution in [-0.2, 0) is 6.18 Å². The molecule has 0 aliphatic heterocycles. The fourth-order valence-corrected chi connectivity index (χ4v) is 5.30. The van der Waals surface area contributed by atoms with Crippen molar-refractivity contribution in [1.29, 1.82) is 0 Å². The molecule has 1 aromatic carbocycles. The summed E-state index contributed by atoms with van der Waals surface area (Å²) in [5.74, 6) is 7.58. The van der Waals surface area contributed by atoms with Crippen molar-refractivity contribution in [2.45, 2.75) is 77.3 Å². The van der Waals surface area contributed by atoms with E-state index in [-0.39, 0.29) is 5.56 Å². The minimum atomic E-state index is -4.68. The van der Waals surface area contributed by atoms with Gasteiger partial charge >= 0.3 is 6.18 Å². The highest BCUT2D eigenvalue weighted by molar-refractivity contribution is 5.39. The van der Waals surface area contributed by atoms with Crippen LogP contribution in [0.25, 0.3) is 0 Å². The highest BCUT2D eigenvalue weighted by Gasteiger charge is 2.34. The first-order valence-corrected chi connectivity index (χ1v) is 11.4. The van der Waals surface area contributed by atoms with Gasteiger partial charge < -0.3 is 0 Å².